The van der Waals surface area contributed by atoms with Crippen LogP contribution in [0.1, 0.15) is 5.56 Å². The predicted octanol–water partition coefficient (Wildman–Crippen LogP) is 1.56. The summed E-state index contributed by atoms with van der Waals surface area (Å²) in [4.78, 5) is 10.7. The second-order valence-electron chi connectivity index (χ2n) is 4.48. The largest absolute Gasteiger partial charge is 0.294 e. The van der Waals surface area contributed by atoms with E-state index in [2.05, 4.69) is 5.10 Å². The first-order valence-corrected chi connectivity index (χ1v) is 7.04. The second-order valence-corrected chi connectivity index (χ2v) is 5.56. The van der Waals surface area contributed by atoms with Crippen molar-refractivity contribution in [3.8, 4) is 11.1 Å². The number of benzene rings is 1. The van der Waals surface area contributed by atoms with E-state index in [4.69, 9.17) is 4.55 Å². The van der Waals surface area contributed by atoms with Gasteiger partial charge in [0.05, 0.1) is 16.7 Å². The van der Waals surface area contributed by atoms with Gasteiger partial charge in [-0.15, -0.1) is 0 Å². The number of aromatic nitrogens is 2. The van der Waals surface area contributed by atoms with Crippen LogP contribution in [0.15, 0.2) is 30.6 Å². The highest BCUT2D eigenvalue weighted by Gasteiger charge is 2.21. The fourth-order valence-electron chi connectivity index (χ4n) is 2.02. The molecule has 0 amide bonds. The average Bonchev–Trinajstić information content (AvgIpc) is 2.85. The van der Waals surface area contributed by atoms with Crippen LogP contribution in [0.2, 0.25) is 0 Å². The standard InChI is InChI=1S/C12H14N4O4S/c1-14-7-9(6-13-14)10-4-3-5-12(16(17)18)11(10)8-15(2)21(19)20/h3-7H,8H2,1-2H3,(H,19,20). The van der Waals surface area contributed by atoms with E-state index in [1.807, 2.05) is 0 Å². The molecule has 8 nitrogen and oxygen atoms in total. The number of hydrogen-bond acceptors (Lipinski definition) is 4. The smallest absolute Gasteiger partial charge is 0.274 e. The summed E-state index contributed by atoms with van der Waals surface area (Å²) in [6.07, 6.45) is 3.33. The average molecular weight is 310 g/mol. The molecule has 0 aliphatic rings. The van der Waals surface area contributed by atoms with E-state index in [1.54, 1.807) is 36.3 Å². The molecule has 21 heavy (non-hydrogen) atoms. The minimum atomic E-state index is -2.20. The maximum atomic E-state index is 11.2. The second kappa shape index (κ2) is 6.12. The Kier molecular flexibility index (Phi) is 4.46. The van der Waals surface area contributed by atoms with Gasteiger partial charge >= 0.3 is 0 Å². The number of nitrogens with zero attached hydrogens (tertiary/aromatic N) is 4. The van der Waals surface area contributed by atoms with Crippen LogP contribution in [0.4, 0.5) is 5.69 Å². The molecule has 1 aromatic carbocycles. The summed E-state index contributed by atoms with van der Waals surface area (Å²) in [6.45, 7) is -0.0233. The zero-order valence-corrected chi connectivity index (χ0v) is 12.3. The third-order valence-corrected chi connectivity index (χ3v) is 3.67. The SMILES string of the molecule is CN(Cc1c(-c2cnn(C)c2)cccc1[N+](=O)[O-])S(=O)O. The summed E-state index contributed by atoms with van der Waals surface area (Å²) in [6, 6.07) is 4.69. The van der Waals surface area contributed by atoms with Gasteiger partial charge in [0.1, 0.15) is 0 Å². The van der Waals surface area contributed by atoms with Crippen molar-refractivity contribution in [1.82, 2.24) is 14.1 Å². The van der Waals surface area contributed by atoms with E-state index in [0.717, 1.165) is 4.31 Å². The van der Waals surface area contributed by atoms with Crippen LogP contribution < -0.4 is 0 Å². The zero-order chi connectivity index (χ0) is 15.6. The lowest BCUT2D eigenvalue weighted by atomic mass is 10.0. The lowest BCUT2D eigenvalue weighted by Crippen LogP contribution is -2.20. The first-order chi connectivity index (χ1) is 9.90. The van der Waals surface area contributed by atoms with Crippen molar-refractivity contribution in [2.24, 2.45) is 7.05 Å². The fourth-order valence-corrected chi connectivity index (χ4v) is 2.26. The van der Waals surface area contributed by atoms with Crippen LogP contribution in [0.5, 0.6) is 0 Å². The minimum absolute atomic E-state index is 0.0233. The van der Waals surface area contributed by atoms with Crippen LogP contribution >= 0.6 is 0 Å². The number of hydrogen-bond donors (Lipinski definition) is 1. The van der Waals surface area contributed by atoms with Crippen molar-refractivity contribution in [3.63, 3.8) is 0 Å². The number of nitro groups is 1. The topological polar surface area (TPSA) is 102 Å². The van der Waals surface area contributed by atoms with Gasteiger partial charge in [-0.25, -0.2) is 4.21 Å². The predicted molar refractivity (Wildman–Crippen MR) is 77.5 cm³/mol. The van der Waals surface area contributed by atoms with Crippen LogP contribution in [-0.2, 0) is 24.9 Å². The van der Waals surface area contributed by atoms with Gasteiger partial charge in [0.25, 0.3) is 5.69 Å². The summed E-state index contributed by atoms with van der Waals surface area (Å²) in [5.41, 5.74) is 1.62. The molecule has 2 aromatic rings. The van der Waals surface area contributed by atoms with Gasteiger partial charge in [0.15, 0.2) is 0 Å². The van der Waals surface area contributed by atoms with Crippen molar-refractivity contribution in [2.75, 3.05) is 7.05 Å². The first-order valence-electron chi connectivity index (χ1n) is 5.97. The van der Waals surface area contributed by atoms with E-state index in [1.165, 1.54) is 13.1 Å². The molecular weight excluding hydrogens is 296 g/mol. The van der Waals surface area contributed by atoms with Gasteiger partial charge < -0.3 is 0 Å². The summed E-state index contributed by atoms with van der Waals surface area (Å²) >= 11 is -2.20. The molecule has 2 rings (SSSR count). The molecule has 1 N–H and O–H groups in total. The molecule has 0 fully saturated rings. The Balaban J connectivity index is 2.56. The maximum Gasteiger partial charge on any atom is 0.274 e. The Bertz CT molecular complexity index is 700. The molecule has 1 aromatic heterocycles. The monoisotopic (exact) mass is 310 g/mol. The summed E-state index contributed by atoms with van der Waals surface area (Å²) in [7, 11) is 3.16. The van der Waals surface area contributed by atoms with Crippen molar-refractivity contribution in [2.45, 2.75) is 6.54 Å². The molecule has 9 heteroatoms. The molecule has 0 saturated carbocycles. The van der Waals surface area contributed by atoms with E-state index < -0.39 is 16.2 Å². The molecule has 112 valence electrons. The van der Waals surface area contributed by atoms with Crippen LogP contribution in [0.25, 0.3) is 11.1 Å². The Morgan fingerprint density at radius 2 is 2.24 bits per heavy atom. The molecule has 0 radical (unpaired) electrons. The van der Waals surface area contributed by atoms with Gasteiger partial charge in [-0.3, -0.25) is 19.3 Å². The lowest BCUT2D eigenvalue weighted by Gasteiger charge is -2.14. The molecule has 1 heterocycles. The van der Waals surface area contributed by atoms with E-state index >= 15 is 0 Å². The van der Waals surface area contributed by atoms with Gasteiger partial charge in [-0.05, 0) is 5.56 Å². The van der Waals surface area contributed by atoms with Crippen LogP contribution in [0.3, 0.4) is 0 Å². The summed E-state index contributed by atoms with van der Waals surface area (Å²) in [5.74, 6) is 0. The highest BCUT2D eigenvalue weighted by atomic mass is 32.2. The Morgan fingerprint density at radius 3 is 2.76 bits per heavy atom. The minimum Gasteiger partial charge on any atom is -0.294 e. The third-order valence-electron chi connectivity index (χ3n) is 3.01. The third kappa shape index (κ3) is 3.32. The van der Waals surface area contributed by atoms with Crippen LogP contribution in [-0.4, -0.2) is 34.8 Å². The van der Waals surface area contributed by atoms with Crippen molar-refractivity contribution >= 4 is 17.0 Å². The highest BCUT2D eigenvalue weighted by molar-refractivity contribution is 7.76. The molecule has 0 bridgehead atoms. The number of aryl methyl sites for hydroxylation is 1. The van der Waals surface area contributed by atoms with E-state index in [9.17, 15) is 14.3 Å². The molecule has 1 atom stereocenters. The van der Waals surface area contributed by atoms with Crippen molar-refractivity contribution < 1.29 is 13.7 Å². The Hall–Kier alpha value is -2.10. The van der Waals surface area contributed by atoms with Gasteiger partial charge in [-0.1, -0.05) is 12.1 Å². The van der Waals surface area contributed by atoms with E-state index in [0.29, 0.717) is 16.7 Å². The van der Waals surface area contributed by atoms with Crippen LogP contribution in [0, 0.1) is 10.1 Å². The molecule has 0 aliphatic heterocycles. The quantitative estimate of drug-likeness (QED) is 0.513. The number of rotatable bonds is 5. The molecule has 0 saturated heterocycles. The Labute approximate surface area is 123 Å². The molecular formula is C12H14N4O4S. The van der Waals surface area contributed by atoms with Crippen molar-refractivity contribution in [3.05, 3.63) is 46.3 Å². The maximum absolute atomic E-state index is 11.2. The van der Waals surface area contributed by atoms with Gasteiger partial charge in [0.2, 0.25) is 11.3 Å². The van der Waals surface area contributed by atoms with Gasteiger partial charge in [0, 0.05) is 38.5 Å². The summed E-state index contributed by atoms with van der Waals surface area (Å²) < 4.78 is 22.9. The van der Waals surface area contributed by atoms with E-state index in [-0.39, 0.29) is 12.2 Å². The fraction of sp³-hybridized carbons (Fsp3) is 0.250. The molecule has 0 spiro atoms. The Morgan fingerprint density at radius 1 is 1.52 bits per heavy atom. The summed E-state index contributed by atoms with van der Waals surface area (Å²) in [5, 5.41) is 15.2. The highest BCUT2D eigenvalue weighted by Crippen LogP contribution is 2.31. The first kappa shape index (κ1) is 15.3. The molecule has 1 unspecified atom stereocenters. The normalized spacial score (nSPS) is 12.6. The van der Waals surface area contributed by atoms with Gasteiger partial charge in [-0.2, -0.15) is 9.40 Å². The number of nitro benzene ring substituents is 1. The zero-order valence-electron chi connectivity index (χ0n) is 11.5. The van der Waals surface area contributed by atoms with Crippen molar-refractivity contribution in [1.29, 1.82) is 0 Å². The molecule has 0 aliphatic carbocycles. The lowest BCUT2D eigenvalue weighted by molar-refractivity contribution is -0.385.